The van der Waals surface area contributed by atoms with Gasteiger partial charge in [-0.3, -0.25) is 19.4 Å². The summed E-state index contributed by atoms with van der Waals surface area (Å²) in [5.74, 6) is 1.52. The van der Waals surface area contributed by atoms with E-state index in [-0.39, 0.29) is 11.7 Å². The summed E-state index contributed by atoms with van der Waals surface area (Å²) < 4.78 is 6.07. The number of halogens is 1. The van der Waals surface area contributed by atoms with Crippen LogP contribution in [0.15, 0.2) is 42.6 Å². The number of nitrogens with one attached hydrogen (secondary N) is 1. The molecule has 1 fully saturated rings. The lowest BCUT2D eigenvalue weighted by molar-refractivity contribution is -0.118. The molecule has 0 unspecified atom stereocenters. The Hall–Kier alpha value is -2.96. The summed E-state index contributed by atoms with van der Waals surface area (Å²) in [7, 11) is 1.39. The van der Waals surface area contributed by atoms with Gasteiger partial charge in [-0.05, 0) is 67.1 Å². The van der Waals surface area contributed by atoms with Crippen molar-refractivity contribution in [2.24, 2.45) is 5.92 Å². The van der Waals surface area contributed by atoms with Crippen LogP contribution in [0.25, 0.3) is 10.9 Å². The van der Waals surface area contributed by atoms with Gasteiger partial charge in [0.05, 0.1) is 12.6 Å². The molecular formula is C24H23ClN2O4. The molecule has 160 valence electrons. The second kappa shape index (κ2) is 9.04. The minimum absolute atomic E-state index is 0.218. The first-order valence-electron chi connectivity index (χ1n) is 10.1. The van der Waals surface area contributed by atoms with Crippen LogP contribution >= 0.6 is 11.6 Å². The number of ketones is 1. The number of fused-ring (bicyclic) bond motifs is 1. The van der Waals surface area contributed by atoms with Gasteiger partial charge in [0.15, 0.2) is 0 Å². The topological polar surface area (TPSA) is 77.5 Å². The average molecular weight is 439 g/mol. The Kier molecular flexibility index (Phi) is 6.20. The molecule has 7 heteroatoms. The third-order valence-corrected chi connectivity index (χ3v) is 5.69. The highest BCUT2D eigenvalue weighted by atomic mass is 35.5. The first-order valence-corrected chi connectivity index (χ1v) is 10.5. The van der Waals surface area contributed by atoms with E-state index >= 15 is 0 Å². The Balaban J connectivity index is 1.58. The first kappa shape index (κ1) is 21.3. The molecule has 1 aliphatic rings. The van der Waals surface area contributed by atoms with Gasteiger partial charge in [-0.25, -0.2) is 5.48 Å². The molecule has 3 aromatic rings. The third kappa shape index (κ3) is 5.03. The molecule has 1 heterocycles. The number of hydrogen-bond donors (Lipinski definition) is 1. The van der Waals surface area contributed by atoms with E-state index < -0.39 is 0 Å². The molecule has 1 saturated carbocycles. The molecule has 1 N–H and O–H groups in total. The number of rotatable bonds is 8. The van der Waals surface area contributed by atoms with Gasteiger partial charge in [0.25, 0.3) is 5.91 Å². The number of hydroxylamine groups is 1. The lowest BCUT2D eigenvalue weighted by Gasteiger charge is -2.13. The van der Waals surface area contributed by atoms with Crippen LogP contribution in [0.1, 0.15) is 40.7 Å². The van der Waals surface area contributed by atoms with Crippen LogP contribution in [-0.2, 0) is 16.1 Å². The summed E-state index contributed by atoms with van der Waals surface area (Å²) in [5, 5.41) is 1.19. The normalized spacial score (nSPS) is 13.3. The zero-order chi connectivity index (χ0) is 22.0. The van der Waals surface area contributed by atoms with E-state index in [1.165, 1.54) is 7.11 Å². The fourth-order valence-corrected chi connectivity index (χ4v) is 3.78. The van der Waals surface area contributed by atoms with Crippen molar-refractivity contribution in [1.82, 2.24) is 10.5 Å². The van der Waals surface area contributed by atoms with E-state index in [4.69, 9.17) is 21.2 Å². The maximum Gasteiger partial charge on any atom is 0.275 e. The van der Waals surface area contributed by atoms with Crippen molar-refractivity contribution in [3.63, 3.8) is 0 Å². The van der Waals surface area contributed by atoms with E-state index in [0.717, 1.165) is 24.0 Å². The minimum Gasteiger partial charge on any atom is -0.457 e. The predicted octanol–water partition coefficient (Wildman–Crippen LogP) is 5.19. The highest BCUT2D eigenvalue weighted by molar-refractivity contribution is 6.31. The first-order chi connectivity index (χ1) is 14.9. The molecule has 1 amide bonds. The number of pyridine rings is 1. The van der Waals surface area contributed by atoms with Crippen molar-refractivity contribution in [1.29, 1.82) is 0 Å². The second-order valence-corrected chi connectivity index (χ2v) is 8.25. The van der Waals surface area contributed by atoms with Gasteiger partial charge in [0.1, 0.15) is 17.3 Å². The number of nitrogens with zero attached hydrogens (tertiary/aromatic N) is 1. The number of Topliss-reactive ketones (excluding diaryl/α,β-unsaturated/α-hetero) is 1. The van der Waals surface area contributed by atoms with Crippen molar-refractivity contribution in [3.05, 3.63) is 64.3 Å². The smallest absolute Gasteiger partial charge is 0.275 e. The fraction of sp³-hybridized carbons (Fsp3) is 0.292. The van der Waals surface area contributed by atoms with Gasteiger partial charge in [-0.15, -0.1) is 0 Å². The summed E-state index contributed by atoms with van der Waals surface area (Å²) in [4.78, 5) is 33.6. The molecule has 6 nitrogen and oxygen atoms in total. The standard InChI is InChI=1S/C24H23ClN2O4/c1-14-9-22-20(13-19(14)24(29)27-30-2)23(7-8-26-22)31-18-6-5-16(21(25)12-18)11-17(28)10-15-3-4-15/h5-9,12-13,15H,3-4,10-11H2,1-2H3,(H,27,29). The van der Waals surface area contributed by atoms with E-state index in [9.17, 15) is 9.59 Å². The lowest BCUT2D eigenvalue weighted by Crippen LogP contribution is -2.22. The summed E-state index contributed by atoms with van der Waals surface area (Å²) in [6.07, 6.45) is 4.93. The van der Waals surface area contributed by atoms with Crippen molar-refractivity contribution >= 4 is 34.2 Å². The maximum absolute atomic E-state index is 12.3. The van der Waals surface area contributed by atoms with Crippen LogP contribution in [-0.4, -0.2) is 23.8 Å². The number of aryl methyl sites for hydroxylation is 1. The maximum atomic E-state index is 12.3. The molecule has 1 aliphatic carbocycles. The molecule has 1 aromatic heterocycles. The van der Waals surface area contributed by atoms with Crippen molar-refractivity contribution in [2.45, 2.75) is 32.6 Å². The zero-order valence-electron chi connectivity index (χ0n) is 17.4. The lowest BCUT2D eigenvalue weighted by atomic mass is 10.0. The van der Waals surface area contributed by atoms with Crippen LogP contribution < -0.4 is 10.2 Å². The Morgan fingerprint density at radius 3 is 2.71 bits per heavy atom. The number of ether oxygens (including phenoxy) is 1. The van der Waals surface area contributed by atoms with E-state index in [2.05, 4.69) is 10.5 Å². The largest absolute Gasteiger partial charge is 0.457 e. The average Bonchev–Trinajstić information content (AvgIpc) is 3.54. The van der Waals surface area contributed by atoms with Crippen molar-refractivity contribution in [3.8, 4) is 11.5 Å². The van der Waals surface area contributed by atoms with E-state index in [1.807, 2.05) is 19.1 Å². The summed E-state index contributed by atoms with van der Waals surface area (Å²) >= 11 is 6.42. The quantitative estimate of drug-likeness (QED) is 0.489. The monoisotopic (exact) mass is 438 g/mol. The Morgan fingerprint density at radius 2 is 2.00 bits per heavy atom. The van der Waals surface area contributed by atoms with E-state index in [1.54, 1.807) is 30.5 Å². The molecule has 0 spiro atoms. The molecule has 4 rings (SSSR count). The molecule has 31 heavy (non-hydrogen) atoms. The van der Waals surface area contributed by atoms with Crippen molar-refractivity contribution < 1.29 is 19.2 Å². The highest BCUT2D eigenvalue weighted by Crippen LogP contribution is 2.35. The van der Waals surface area contributed by atoms with Crippen LogP contribution in [0.2, 0.25) is 5.02 Å². The van der Waals surface area contributed by atoms with Crippen LogP contribution in [0.3, 0.4) is 0 Å². The Morgan fingerprint density at radius 1 is 1.19 bits per heavy atom. The molecule has 0 saturated heterocycles. The molecule has 2 aromatic carbocycles. The Labute approximate surface area is 185 Å². The van der Waals surface area contributed by atoms with Gasteiger partial charge in [-0.2, -0.15) is 0 Å². The van der Waals surface area contributed by atoms with Gasteiger partial charge in [0.2, 0.25) is 0 Å². The molecule has 0 atom stereocenters. The predicted molar refractivity (Wildman–Crippen MR) is 119 cm³/mol. The van der Waals surface area contributed by atoms with Crippen LogP contribution in [0, 0.1) is 12.8 Å². The SMILES string of the molecule is CONC(=O)c1cc2c(Oc3ccc(CC(=O)CC4CC4)c(Cl)c3)ccnc2cc1C. The second-order valence-electron chi connectivity index (χ2n) is 7.85. The van der Waals surface area contributed by atoms with Gasteiger partial charge < -0.3 is 4.74 Å². The fourth-order valence-electron chi connectivity index (χ4n) is 3.54. The van der Waals surface area contributed by atoms with Crippen molar-refractivity contribution in [2.75, 3.05) is 7.11 Å². The molecular weight excluding hydrogens is 416 g/mol. The molecule has 0 bridgehead atoms. The Bertz CT molecular complexity index is 1160. The van der Waals surface area contributed by atoms with Gasteiger partial charge >= 0.3 is 0 Å². The number of carbonyl (C=O) groups is 2. The number of hydrogen-bond acceptors (Lipinski definition) is 5. The number of carbonyl (C=O) groups excluding carboxylic acids is 2. The minimum atomic E-state index is -0.347. The number of amides is 1. The molecule has 0 aliphatic heterocycles. The van der Waals surface area contributed by atoms with E-state index in [0.29, 0.717) is 51.7 Å². The summed E-state index contributed by atoms with van der Waals surface area (Å²) in [6.45, 7) is 1.84. The zero-order valence-corrected chi connectivity index (χ0v) is 18.2. The van der Waals surface area contributed by atoms with Crippen LogP contribution in [0.5, 0.6) is 11.5 Å². The number of benzene rings is 2. The third-order valence-electron chi connectivity index (χ3n) is 5.34. The van der Waals surface area contributed by atoms with Crippen LogP contribution in [0.4, 0.5) is 0 Å². The van der Waals surface area contributed by atoms with Gasteiger partial charge in [-0.1, -0.05) is 17.7 Å². The molecule has 0 radical (unpaired) electrons. The highest BCUT2D eigenvalue weighted by Gasteiger charge is 2.24. The summed E-state index contributed by atoms with van der Waals surface area (Å²) in [5.41, 5.74) is 5.08. The number of aromatic nitrogens is 1. The summed E-state index contributed by atoms with van der Waals surface area (Å²) in [6, 6.07) is 10.6. The van der Waals surface area contributed by atoms with Gasteiger partial charge in [0, 0.05) is 35.0 Å².